The lowest BCUT2D eigenvalue weighted by molar-refractivity contribution is -0.137. The number of halogens is 3. The maximum Gasteiger partial charge on any atom is 0.416 e. The van der Waals surface area contributed by atoms with Gasteiger partial charge in [0.25, 0.3) is 5.56 Å². The van der Waals surface area contributed by atoms with Crippen molar-refractivity contribution >= 4 is 33.4 Å². The molecule has 13 heteroatoms. The third-order valence-electron chi connectivity index (χ3n) is 4.54. The normalized spacial score (nSPS) is 11.6. The first-order chi connectivity index (χ1) is 15.1. The van der Waals surface area contributed by atoms with Crippen LogP contribution in [0.4, 0.5) is 18.3 Å². The topological polar surface area (TPSA) is 123 Å². The summed E-state index contributed by atoms with van der Waals surface area (Å²) in [4.78, 5) is 51.0. The summed E-state index contributed by atoms with van der Waals surface area (Å²) in [6.45, 7) is 0. The number of alkyl halides is 3. The first kappa shape index (κ1) is 21.4. The molecule has 0 aliphatic rings. The molecular formula is C19H13F3N6O3S. The van der Waals surface area contributed by atoms with Crippen LogP contribution in [0.3, 0.4) is 0 Å². The van der Waals surface area contributed by atoms with E-state index in [1.165, 1.54) is 24.6 Å². The minimum absolute atomic E-state index is 0.00791. The molecule has 32 heavy (non-hydrogen) atoms. The summed E-state index contributed by atoms with van der Waals surface area (Å²) in [7, 11) is 1.28. The van der Waals surface area contributed by atoms with Crippen molar-refractivity contribution < 1.29 is 18.0 Å². The number of aromatic nitrogens is 5. The smallest absolute Gasteiger partial charge is 0.302 e. The van der Waals surface area contributed by atoms with Crippen LogP contribution in [0.15, 0.2) is 45.6 Å². The van der Waals surface area contributed by atoms with Gasteiger partial charge in [-0.15, -0.1) is 11.3 Å². The molecule has 3 aromatic heterocycles. The van der Waals surface area contributed by atoms with Crippen LogP contribution in [0, 0.1) is 0 Å². The maximum absolute atomic E-state index is 12.9. The summed E-state index contributed by atoms with van der Waals surface area (Å²) in [6, 6.07) is 4.70. The predicted molar refractivity (Wildman–Crippen MR) is 110 cm³/mol. The third-order valence-corrected chi connectivity index (χ3v) is 5.30. The number of anilines is 1. The van der Waals surface area contributed by atoms with Gasteiger partial charge < -0.3 is 5.32 Å². The molecule has 0 atom stereocenters. The highest BCUT2D eigenvalue weighted by Gasteiger charge is 2.30. The van der Waals surface area contributed by atoms with E-state index in [9.17, 15) is 27.6 Å². The average molecular weight is 462 g/mol. The van der Waals surface area contributed by atoms with E-state index in [0.29, 0.717) is 0 Å². The number of aromatic amines is 1. The second-order valence-corrected chi connectivity index (χ2v) is 7.54. The standard InChI is InChI=1S/C19H13F3N6O3S/c1-28-16(30)14-11(23-8-24-15(14)27-18(28)31)6-13(29)26-17-25-12(7-32-17)9-3-2-4-10(5-9)19(20,21)22/h2-5,7-8H,6H2,1H3,(H,25,26,29)(H,23,24,27,31). The van der Waals surface area contributed by atoms with Crippen molar-refractivity contribution in [3.63, 3.8) is 0 Å². The van der Waals surface area contributed by atoms with E-state index >= 15 is 0 Å². The molecule has 0 saturated carbocycles. The summed E-state index contributed by atoms with van der Waals surface area (Å²) < 4.78 is 39.6. The Balaban J connectivity index is 1.56. The number of hydrogen-bond donors (Lipinski definition) is 2. The molecule has 0 saturated heterocycles. The van der Waals surface area contributed by atoms with Crippen LogP contribution < -0.4 is 16.6 Å². The fourth-order valence-electron chi connectivity index (χ4n) is 2.95. The summed E-state index contributed by atoms with van der Waals surface area (Å²) >= 11 is 1.04. The van der Waals surface area contributed by atoms with Gasteiger partial charge >= 0.3 is 11.9 Å². The molecule has 164 valence electrons. The second kappa shape index (κ2) is 8.00. The number of fused-ring (bicyclic) bond motifs is 1. The molecule has 0 aliphatic heterocycles. The predicted octanol–water partition coefficient (Wildman–Crippen LogP) is 2.34. The van der Waals surface area contributed by atoms with E-state index in [2.05, 4.69) is 25.3 Å². The lowest BCUT2D eigenvalue weighted by atomic mass is 10.1. The summed E-state index contributed by atoms with van der Waals surface area (Å²) in [5.41, 5.74) is -1.45. The van der Waals surface area contributed by atoms with Gasteiger partial charge in [-0.05, 0) is 12.1 Å². The molecule has 4 rings (SSSR count). The molecule has 0 radical (unpaired) electrons. The fraction of sp³-hybridized carbons (Fsp3) is 0.158. The molecule has 1 aromatic carbocycles. The van der Waals surface area contributed by atoms with Gasteiger partial charge in [0.05, 0.1) is 23.4 Å². The fourth-order valence-corrected chi connectivity index (χ4v) is 3.69. The van der Waals surface area contributed by atoms with Crippen LogP contribution in [-0.4, -0.2) is 30.4 Å². The van der Waals surface area contributed by atoms with Crippen molar-refractivity contribution in [3.8, 4) is 11.3 Å². The van der Waals surface area contributed by atoms with Gasteiger partial charge in [-0.25, -0.2) is 19.7 Å². The molecule has 1 amide bonds. The van der Waals surface area contributed by atoms with Crippen LogP contribution in [0.2, 0.25) is 0 Å². The molecule has 0 fully saturated rings. The Labute approximate surface area is 180 Å². The number of hydrogen-bond acceptors (Lipinski definition) is 7. The van der Waals surface area contributed by atoms with Gasteiger partial charge in [-0.1, -0.05) is 12.1 Å². The van der Waals surface area contributed by atoms with Crippen molar-refractivity contribution in [3.05, 3.63) is 68.1 Å². The number of carbonyl (C=O) groups excluding carboxylic acids is 1. The molecule has 9 nitrogen and oxygen atoms in total. The molecular weight excluding hydrogens is 449 g/mol. The van der Waals surface area contributed by atoms with Crippen LogP contribution in [0.5, 0.6) is 0 Å². The van der Waals surface area contributed by atoms with Crippen LogP contribution in [0.1, 0.15) is 11.3 Å². The average Bonchev–Trinajstić information content (AvgIpc) is 3.20. The SMILES string of the molecule is Cn1c(=O)[nH]c2ncnc(CC(=O)Nc3nc(-c4cccc(C(F)(F)F)c4)cs3)c2c1=O. The highest BCUT2D eigenvalue weighted by Crippen LogP contribution is 2.33. The Hall–Kier alpha value is -3.87. The van der Waals surface area contributed by atoms with Crippen molar-refractivity contribution in [1.29, 1.82) is 0 Å². The maximum atomic E-state index is 12.9. The van der Waals surface area contributed by atoms with Crippen LogP contribution in [-0.2, 0) is 24.4 Å². The molecule has 2 N–H and O–H groups in total. The highest BCUT2D eigenvalue weighted by atomic mass is 32.1. The van der Waals surface area contributed by atoms with Gasteiger partial charge in [0.15, 0.2) is 10.8 Å². The van der Waals surface area contributed by atoms with E-state index in [1.807, 2.05) is 0 Å². The lowest BCUT2D eigenvalue weighted by Crippen LogP contribution is -2.33. The zero-order valence-electron chi connectivity index (χ0n) is 16.2. The minimum Gasteiger partial charge on any atom is -0.302 e. The van der Waals surface area contributed by atoms with Crippen molar-refractivity contribution in [2.24, 2.45) is 7.05 Å². The third kappa shape index (κ3) is 4.14. The number of thiazole rings is 1. The van der Waals surface area contributed by atoms with Crippen molar-refractivity contribution in [1.82, 2.24) is 24.5 Å². The summed E-state index contributed by atoms with van der Waals surface area (Å²) in [5, 5.41) is 4.24. The second-order valence-electron chi connectivity index (χ2n) is 6.68. The van der Waals surface area contributed by atoms with Crippen molar-refractivity contribution in [2.45, 2.75) is 12.6 Å². The molecule has 0 aliphatic carbocycles. The number of H-pyrrole nitrogens is 1. The molecule has 3 heterocycles. The Morgan fingerprint density at radius 2 is 2.03 bits per heavy atom. The summed E-state index contributed by atoms with van der Waals surface area (Å²) in [6.07, 6.45) is -3.67. The summed E-state index contributed by atoms with van der Waals surface area (Å²) in [5.74, 6) is -0.553. The number of nitrogens with zero attached hydrogens (tertiary/aromatic N) is 4. The van der Waals surface area contributed by atoms with Gasteiger partial charge in [0, 0.05) is 18.0 Å². The minimum atomic E-state index is -4.48. The number of amides is 1. The number of benzene rings is 1. The van der Waals surface area contributed by atoms with Crippen LogP contribution in [0.25, 0.3) is 22.3 Å². The quantitative estimate of drug-likeness (QED) is 0.480. The number of rotatable bonds is 4. The zero-order chi connectivity index (χ0) is 23.0. The van der Waals surface area contributed by atoms with Gasteiger partial charge in [-0.3, -0.25) is 19.1 Å². The van der Waals surface area contributed by atoms with E-state index in [1.54, 1.807) is 0 Å². The monoisotopic (exact) mass is 462 g/mol. The van der Waals surface area contributed by atoms with Gasteiger partial charge in [-0.2, -0.15) is 13.2 Å². The molecule has 0 unspecified atom stereocenters. The zero-order valence-corrected chi connectivity index (χ0v) is 17.0. The first-order valence-corrected chi connectivity index (χ1v) is 9.87. The van der Waals surface area contributed by atoms with Gasteiger partial charge in [0.2, 0.25) is 5.91 Å². The van der Waals surface area contributed by atoms with E-state index in [0.717, 1.165) is 34.4 Å². The molecule has 0 spiro atoms. The first-order valence-electron chi connectivity index (χ1n) is 8.99. The number of carbonyl (C=O) groups is 1. The van der Waals surface area contributed by atoms with E-state index < -0.39 is 28.9 Å². The lowest BCUT2D eigenvalue weighted by Gasteiger charge is -2.07. The molecule has 0 bridgehead atoms. The highest BCUT2D eigenvalue weighted by molar-refractivity contribution is 7.14. The van der Waals surface area contributed by atoms with Crippen LogP contribution >= 0.6 is 11.3 Å². The number of nitrogens with one attached hydrogen (secondary N) is 2. The Morgan fingerprint density at radius 1 is 1.25 bits per heavy atom. The van der Waals surface area contributed by atoms with E-state index in [-0.39, 0.29) is 39.5 Å². The van der Waals surface area contributed by atoms with Gasteiger partial charge in [0.1, 0.15) is 11.7 Å². The Bertz CT molecular complexity index is 1460. The molecule has 4 aromatic rings. The largest absolute Gasteiger partial charge is 0.416 e. The Morgan fingerprint density at radius 3 is 2.78 bits per heavy atom. The Kier molecular flexibility index (Phi) is 5.34. The van der Waals surface area contributed by atoms with E-state index in [4.69, 9.17) is 0 Å². The van der Waals surface area contributed by atoms with Crippen molar-refractivity contribution in [2.75, 3.05) is 5.32 Å².